The summed E-state index contributed by atoms with van der Waals surface area (Å²) in [5.74, 6) is 2.61. The second kappa shape index (κ2) is 6.23. The Kier molecular flexibility index (Phi) is 4.89. The first-order valence-corrected chi connectivity index (χ1v) is 5.21. The van der Waals surface area contributed by atoms with Gasteiger partial charge in [0.25, 0.3) is 0 Å². The maximum absolute atomic E-state index is 5.72. The van der Waals surface area contributed by atoms with Crippen molar-refractivity contribution in [3.63, 3.8) is 0 Å². The number of nitrogens with one attached hydrogen (secondary N) is 1. The van der Waals surface area contributed by atoms with Gasteiger partial charge in [0.05, 0.1) is 0 Å². The minimum Gasteiger partial charge on any atom is -0.329 e. The molecular formula is C13H18N2. The van der Waals surface area contributed by atoms with Crippen LogP contribution in [0.2, 0.25) is 0 Å². The second-order valence-electron chi connectivity index (χ2n) is 3.61. The van der Waals surface area contributed by atoms with Gasteiger partial charge in [-0.1, -0.05) is 29.8 Å². The lowest BCUT2D eigenvalue weighted by molar-refractivity contribution is 0.550. The summed E-state index contributed by atoms with van der Waals surface area (Å²) in [6.07, 6.45) is 5.94. The second-order valence-corrected chi connectivity index (χ2v) is 3.61. The Morgan fingerprint density at radius 2 is 2.33 bits per heavy atom. The molecule has 0 amide bonds. The molecule has 2 nitrogen and oxygen atoms in total. The predicted molar refractivity (Wildman–Crippen MR) is 64.4 cm³/mol. The van der Waals surface area contributed by atoms with E-state index in [9.17, 15) is 0 Å². The van der Waals surface area contributed by atoms with Crippen molar-refractivity contribution in [3.8, 4) is 12.3 Å². The van der Waals surface area contributed by atoms with E-state index in [2.05, 4.69) is 42.4 Å². The zero-order valence-electron chi connectivity index (χ0n) is 9.16. The summed E-state index contributed by atoms with van der Waals surface area (Å²) in [6, 6.07) is 8.58. The summed E-state index contributed by atoms with van der Waals surface area (Å²) in [5, 5.41) is 3.35. The summed E-state index contributed by atoms with van der Waals surface area (Å²) in [4.78, 5) is 0. The van der Waals surface area contributed by atoms with Gasteiger partial charge in [0, 0.05) is 25.6 Å². The van der Waals surface area contributed by atoms with Crippen LogP contribution in [0.15, 0.2) is 24.3 Å². The topological polar surface area (TPSA) is 38.0 Å². The van der Waals surface area contributed by atoms with Crippen LogP contribution in [0.25, 0.3) is 0 Å². The first-order valence-electron chi connectivity index (χ1n) is 5.21. The van der Waals surface area contributed by atoms with Gasteiger partial charge in [0.15, 0.2) is 0 Å². The SMILES string of the molecule is C#CCCNC(CN)c1cccc(C)c1. The van der Waals surface area contributed by atoms with E-state index in [4.69, 9.17) is 12.2 Å². The summed E-state index contributed by atoms with van der Waals surface area (Å²) in [7, 11) is 0. The lowest BCUT2D eigenvalue weighted by atomic mass is 10.0. The quantitative estimate of drug-likeness (QED) is 0.562. The van der Waals surface area contributed by atoms with Gasteiger partial charge in [-0.15, -0.1) is 12.3 Å². The Balaban J connectivity index is 2.62. The van der Waals surface area contributed by atoms with Gasteiger partial charge in [-0.3, -0.25) is 0 Å². The maximum Gasteiger partial charge on any atom is 0.0444 e. The molecule has 1 rings (SSSR count). The molecule has 0 fully saturated rings. The van der Waals surface area contributed by atoms with Crippen molar-refractivity contribution in [3.05, 3.63) is 35.4 Å². The van der Waals surface area contributed by atoms with Gasteiger partial charge in [-0.25, -0.2) is 0 Å². The molecule has 0 saturated carbocycles. The highest BCUT2D eigenvalue weighted by Crippen LogP contribution is 2.13. The molecule has 0 aliphatic carbocycles. The van der Waals surface area contributed by atoms with E-state index in [1.165, 1.54) is 11.1 Å². The number of rotatable bonds is 5. The highest BCUT2D eigenvalue weighted by molar-refractivity contribution is 5.25. The molecule has 0 saturated heterocycles. The minimum atomic E-state index is 0.207. The number of benzene rings is 1. The van der Waals surface area contributed by atoms with Crippen LogP contribution in [-0.4, -0.2) is 13.1 Å². The van der Waals surface area contributed by atoms with Crippen molar-refractivity contribution < 1.29 is 0 Å². The molecule has 0 radical (unpaired) electrons. The third-order valence-corrected chi connectivity index (χ3v) is 2.34. The third-order valence-electron chi connectivity index (χ3n) is 2.34. The van der Waals surface area contributed by atoms with Crippen molar-refractivity contribution in [2.45, 2.75) is 19.4 Å². The van der Waals surface area contributed by atoms with Gasteiger partial charge < -0.3 is 11.1 Å². The minimum absolute atomic E-state index is 0.207. The summed E-state index contributed by atoms with van der Waals surface area (Å²) in [6.45, 7) is 3.48. The summed E-state index contributed by atoms with van der Waals surface area (Å²) in [5.41, 5.74) is 8.21. The van der Waals surface area contributed by atoms with Crippen molar-refractivity contribution >= 4 is 0 Å². The van der Waals surface area contributed by atoms with Gasteiger partial charge >= 0.3 is 0 Å². The number of hydrogen-bond acceptors (Lipinski definition) is 2. The van der Waals surface area contributed by atoms with Crippen LogP contribution < -0.4 is 11.1 Å². The first kappa shape index (κ1) is 11.8. The van der Waals surface area contributed by atoms with E-state index >= 15 is 0 Å². The zero-order chi connectivity index (χ0) is 11.1. The fourth-order valence-electron chi connectivity index (χ4n) is 1.54. The van der Waals surface area contributed by atoms with E-state index < -0.39 is 0 Å². The van der Waals surface area contributed by atoms with E-state index in [-0.39, 0.29) is 6.04 Å². The van der Waals surface area contributed by atoms with Crippen molar-refractivity contribution in [1.29, 1.82) is 0 Å². The van der Waals surface area contributed by atoms with Gasteiger partial charge in [0.2, 0.25) is 0 Å². The monoisotopic (exact) mass is 202 g/mol. The lowest BCUT2D eigenvalue weighted by Gasteiger charge is -2.17. The number of nitrogens with two attached hydrogens (primary N) is 1. The highest BCUT2D eigenvalue weighted by atomic mass is 14.9. The number of hydrogen-bond donors (Lipinski definition) is 2. The third kappa shape index (κ3) is 3.75. The Hall–Kier alpha value is -1.30. The van der Waals surface area contributed by atoms with Crippen molar-refractivity contribution in [2.24, 2.45) is 5.73 Å². The summed E-state index contributed by atoms with van der Waals surface area (Å²) < 4.78 is 0. The van der Waals surface area contributed by atoms with Gasteiger partial charge in [-0.2, -0.15) is 0 Å². The smallest absolute Gasteiger partial charge is 0.0444 e. The van der Waals surface area contributed by atoms with Gasteiger partial charge in [-0.05, 0) is 12.5 Å². The van der Waals surface area contributed by atoms with Crippen LogP contribution in [0.3, 0.4) is 0 Å². The Bertz CT molecular complexity index is 339. The van der Waals surface area contributed by atoms with Crippen molar-refractivity contribution in [1.82, 2.24) is 5.32 Å². The van der Waals surface area contributed by atoms with Crippen LogP contribution in [-0.2, 0) is 0 Å². The fourth-order valence-corrected chi connectivity index (χ4v) is 1.54. The summed E-state index contributed by atoms with van der Waals surface area (Å²) >= 11 is 0. The average molecular weight is 202 g/mol. The number of terminal acetylenes is 1. The van der Waals surface area contributed by atoms with Crippen LogP contribution in [0, 0.1) is 19.3 Å². The standard InChI is InChI=1S/C13H18N2/c1-3-4-8-15-13(10-14)12-7-5-6-11(2)9-12/h1,5-7,9,13,15H,4,8,10,14H2,2H3. The largest absolute Gasteiger partial charge is 0.329 e. The Morgan fingerprint density at radius 1 is 1.53 bits per heavy atom. The maximum atomic E-state index is 5.72. The van der Waals surface area contributed by atoms with E-state index in [0.717, 1.165) is 13.0 Å². The zero-order valence-corrected chi connectivity index (χ0v) is 9.16. The fraction of sp³-hybridized carbons (Fsp3) is 0.385. The van der Waals surface area contributed by atoms with E-state index in [1.807, 2.05) is 0 Å². The Labute approximate surface area is 91.9 Å². The Morgan fingerprint density at radius 3 is 2.93 bits per heavy atom. The molecule has 80 valence electrons. The van der Waals surface area contributed by atoms with Crippen LogP contribution in [0.5, 0.6) is 0 Å². The molecule has 15 heavy (non-hydrogen) atoms. The molecular weight excluding hydrogens is 184 g/mol. The molecule has 0 bridgehead atoms. The van der Waals surface area contributed by atoms with Crippen molar-refractivity contribution in [2.75, 3.05) is 13.1 Å². The molecule has 0 heterocycles. The molecule has 0 aliphatic rings. The normalized spacial score (nSPS) is 12.1. The van der Waals surface area contributed by atoms with Crippen LogP contribution in [0.1, 0.15) is 23.6 Å². The van der Waals surface area contributed by atoms with E-state index in [1.54, 1.807) is 0 Å². The average Bonchev–Trinajstić information content (AvgIpc) is 2.24. The van der Waals surface area contributed by atoms with Crippen LogP contribution in [0.4, 0.5) is 0 Å². The highest BCUT2D eigenvalue weighted by Gasteiger charge is 2.07. The predicted octanol–water partition coefficient (Wildman–Crippen LogP) is 1.61. The van der Waals surface area contributed by atoms with Crippen LogP contribution >= 0.6 is 0 Å². The number of aryl methyl sites for hydroxylation is 1. The molecule has 0 spiro atoms. The molecule has 0 aliphatic heterocycles. The van der Waals surface area contributed by atoms with Gasteiger partial charge in [0.1, 0.15) is 0 Å². The molecule has 0 aromatic heterocycles. The molecule has 3 N–H and O–H groups in total. The molecule has 1 atom stereocenters. The first-order chi connectivity index (χ1) is 7.27. The molecule has 1 aromatic rings. The molecule has 1 aromatic carbocycles. The molecule has 2 heteroatoms. The van der Waals surface area contributed by atoms with E-state index in [0.29, 0.717) is 6.54 Å². The lowest BCUT2D eigenvalue weighted by Crippen LogP contribution is -2.28. The molecule has 1 unspecified atom stereocenters.